The van der Waals surface area contributed by atoms with Crippen LogP contribution in [0.5, 0.6) is 11.5 Å². The van der Waals surface area contributed by atoms with Gasteiger partial charge in [0.05, 0.1) is 6.54 Å². The van der Waals surface area contributed by atoms with Gasteiger partial charge in [0, 0.05) is 12.1 Å². The maximum atomic E-state index is 11.6. The molecule has 2 N–H and O–H groups in total. The van der Waals surface area contributed by atoms with Crippen LogP contribution in [0.1, 0.15) is 32.8 Å². The highest BCUT2D eigenvalue weighted by Crippen LogP contribution is 2.32. The third-order valence-electron chi connectivity index (χ3n) is 3.36. The van der Waals surface area contributed by atoms with Crippen LogP contribution in [0.2, 0.25) is 0 Å². The fourth-order valence-electron chi connectivity index (χ4n) is 2.22. The molecule has 0 saturated heterocycles. The van der Waals surface area contributed by atoms with Gasteiger partial charge in [-0.3, -0.25) is 4.79 Å². The van der Waals surface area contributed by atoms with Crippen LogP contribution in [0.4, 0.5) is 0 Å². The molecule has 0 fully saturated rings. The van der Waals surface area contributed by atoms with Crippen molar-refractivity contribution < 1.29 is 14.3 Å². The van der Waals surface area contributed by atoms with Gasteiger partial charge in [-0.1, -0.05) is 6.07 Å². The first-order chi connectivity index (χ1) is 10.0. The number of nitrogens with one attached hydrogen (secondary N) is 2. The Morgan fingerprint density at radius 1 is 1.24 bits per heavy atom. The van der Waals surface area contributed by atoms with Crippen LogP contribution in [0.15, 0.2) is 18.2 Å². The lowest BCUT2D eigenvalue weighted by Gasteiger charge is -2.15. The van der Waals surface area contributed by atoms with Crippen molar-refractivity contribution in [3.8, 4) is 11.5 Å². The Balaban J connectivity index is 1.71. The summed E-state index contributed by atoms with van der Waals surface area (Å²) >= 11 is 0. The Kier molecular flexibility index (Phi) is 5.44. The van der Waals surface area contributed by atoms with Gasteiger partial charge in [-0.05, 0) is 51.3 Å². The summed E-state index contributed by atoms with van der Waals surface area (Å²) in [6.45, 7) is 6.68. The van der Waals surface area contributed by atoms with Crippen molar-refractivity contribution in [3.63, 3.8) is 0 Å². The van der Waals surface area contributed by atoms with E-state index in [0.717, 1.165) is 24.3 Å². The van der Waals surface area contributed by atoms with E-state index in [1.165, 1.54) is 5.56 Å². The molecule has 0 radical (unpaired) electrons. The maximum absolute atomic E-state index is 11.6. The molecule has 1 aliphatic rings. The van der Waals surface area contributed by atoms with Gasteiger partial charge in [0.2, 0.25) is 12.7 Å². The SMILES string of the molecule is CC(C)NC(=O)CNC(C)CCc1ccc2c(c1)OCO2. The second-order valence-corrected chi connectivity index (χ2v) is 5.73. The molecular weight excluding hydrogens is 268 g/mol. The summed E-state index contributed by atoms with van der Waals surface area (Å²) in [5.41, 5.74) is 1.22. The summed E-state index contributed by atoms with van der Waals surface area (Å²) in [5.74, 6) is 1.68. The number of aryl methyl sites for hydroxylation is 1. The van der Waals surface area contributed by atoms with Crippen molar-refractivity contribution in [2.75, 3.05) is 13.3 Å². The number of fused-ring (bicyclic) bond motifs is 1. The summed E-state index contributed by atoms with van der Waals surface area (Å²) < 4.78 is 10.7. The summed E-state index contributed by atoms with van der Waals surface area (Å²) in [7, 11) is 0. The third kappa shape index (κ3) is 4.93. The molecule has 1 unspecified atom stereocenters. The van der Waals surface area contributed by atoms with Gasteiger partial charge in [-0.25, -0.2) is 0 Å². The van der Waals surface area contributed by atoms with Crippen molar-refractivity contribution in [1.29, 1.82) is 0 Å². The van der Waals surface area contributed by atoms with Crippen LogP contribution < -0.4 is 20.1 Å². The lowest BCUT2D eigenvalue weighted by Crippen LogP contribution is -2.40. The van der Waals surface area contributed by atoms with Gasteiger partial charge in [0.1, 0.15) is 0 Å². The molecule has 0 saturated carbocycles. The fourth-order valence-corrected chi connectivity index (χ4v) is 2.22. The standard InChI is InChI=1S/C16H24N2O3/c1-11(2)18-16(19)9-17-12(3)4-5-13-6-7-14-15(8-13)21-10-20-14/h6-8,11-12,17H,4-5,9-10H2,1-3H3,(H,18,19). The number of rotatable bonds is 7. The number of amides is 1. The maximum Gasteiger partial charge on any atom is 0.234 e. The highest BCUT2D eigenvalue weighted by atomic mass is 16.7. The zero-order valence-electron chi connectivity index (χ0n) is 12.9. The van der Waals surface area contributed by atoms with Crippen LogP contribution in [0.3, 0.4) is 0 Å². The Bertz CT molecular complexity index is 488. The van der Waals surface area contributed by atoms with Crippen LogP contribution in [0.25, 0.3) is 0 Å². The second kappa shape index (κ2) is 7.31. The number of carbonyl (C=O) groups is 1. The molecular formula is C16H24N2O3. The quantitative estimate of drug-likeness (QED) is 0.805. The molecule has 1 aromatic rings. The molecule has 1 amide bonds. The molecule has 1 atom stereocenters. The first-order valence-electron chi connectivity index (χ1n) is 7.46. The average Bonchev–Trinajstić information content (AvgIpc) is 2.89. The lowest BCUT2D eigenvalue weighted by atomic mass is 10.1. The zero-order valence-corrected chi connectivity index (χ0v) is 12.9. The van der Waals surface area contributed by atoms with Gasteiger partial charge in [-0.2, -0.15) is 0 Å². The van der Waals surface area contributed by atoms with E-state index in [4.69, 9.17) is 9.47 Å². The minimum atomic E-state index is 0.0416. The average molecular weight is 292 g/mol. The van der Waals surface area contributed by atoms with Crippen LogP contribution in [-0.4, -0.2) is 31.3 Å². The Hall–Kier alpha value is -1.75. The van der Waals surface area contributed by atoms with Crippen molar-refractivity contribution in [2.45, 2.75) is 45.7 Å². The Morgan fingerprint density at radius 2 is 2.00 bits per heavy atom. The van der Waals surface area contributed by atoms with E-state index in [1.807, 2.05) is 26.0 Å². The normalized spacial score (nSPS) is 14.3. The molecule has 1 aliphatic heterocycles. The molecule has 21 heavy (non-hydrogen) atoms. The second-order valence-electron chi connectivity index (χ2n) is 5.73. The van der Waals surface area contributed by atoms with E-state index in [1.54, 1.807) is 0 Å². The summed E-state index contributed by atoms with van der Waals surface area (Å²) in [4.78, 5) is 11.6. The molecule has 0 bridgehead atoms. The number of benzene rings is 1. The van der Waals surface area contributed by atoms with E-state index in [0.29, 0.717) is 13.3 Å². The summed E-state index contributed by atoms with van der Waals surface area (Å²) in [6, 6.07) is 6.51. The number of hydrogen-bond acceptors (Lipinski definition) is 4. The van der Waals surface area contributed by atoms with Gasteiger partial charge < -0.3 is 20.1 Å². The predicted octanol–water partition coefficient (Wildman–Crippen LogP) is 1.85. The van der Waals surface area contributed by atoms with Crippen molar-refractivity contribution >= 4 is 5.91 Å². The monoisotopic (exact) mass is 292 g/mol. The van der Waals surface area contributed by atoms with E-state index in [9.17, 15) is 4.79 Å². The molecule has 1 aromatic carbocycles. The van der Waals surface area contributed by atoms with Crippen LogP contribution in [-0.2, 0) is 11.2 Å². The molecule has 116 valence electrons. The van der Waals surface area contributed by atoms with Crippen molar-refractivity contribution in [3.05, 3.63) is 23.8 Å². The number of carbonyl (C=O) groups excluding carboxylic acids is 1. The first-order valence-corrected chi connectivity index (χ1v) is 7.46. The molecule has 5 nitrogen and oxygen atoms in total. The smallest absolute Gasteiger partial charge is 0.234 e. The highest BCUT2D eigenvalue weighted by Gasteiger charge is 2.13. The van der Waals surface area contributed by atoms with E-state index in [2.05, 4.69) is 23.6 Å². The predicted molar refractivity (Wildman–Crippen MR) is 81.6 cm³/mol. The largest absolute Gasteiger partial charge is 0.454 e. The minimum absolute atomic E-state index is 0.0416. The number of ether oxygens (including phenoxy) is 2. The van der Waals surface area contributed by atoms with Gasteiger partial charge in [-0.15, -0.1) is 0 Å². The fraction of sp³-hybridized carbons (Fsp3) is 0.562. The van der Waals surface area contributed by atoms with Crippen LogP contribution in [0, 0.1) is 0 Å². The Labute approximate surface area is 126 Å². The molecule has 1 heterocycles. The van der Waals surface area contributed by atoms with Crippen LogP contribution >= 0.6 is 0 Å². The zero-order chi connectivity index (χ0) is 15.2. The van der Waals surface area contributed by atoms with Crippen molar-refractivity contribution in [2.24, 2.45) is 0 Å². The Morgan fingerprint density at radius 3 is 2.76 bits per heavy atom. The topological polar surface area (TPSA) is 59.6 Å². The third-order valence-corrected chi connectivity index (χ3v) is 3.36. The minimum Gasteiger partial charge on any atom is -0.454 e. The van der Waals surface area contributed by atoms with E-state index < -0.39 is 0 Å². The van der Waals surface area contributed by atoms with Gasteiger partial charge in [0.25, 0.3) is 0 Å². The van der Waals surface area contributed by atoms with Gasteiger partial charge >= 0.3 is 0 Å². The van der Waals surface area contributed by atoms with E-state index >= 15 is 0 Å². The summed E-state index contributed by atoms with van der Waals surface area (Å²) in [6.07, 6.45) is 1.91. The van der Waals surface area contributed by atoms with E-state index in [-0.39, 0.29) is 18.0 Å². The first kappa shape index (κ1) is 15.6. The molecule has 0 aliphatic carbocycles. The molecule has 0 aromatic heterocycles. The molecule has 2 rings (SSSR count). The number of hydrogen-bond donors (Lipinski definition) is 2. The van der Waals surface area contributed by atoms with Gasteiger partial charge in [0.15, 0.2) is 11.5 Å². The highest BCUT2D eigenvalue weighted by molar-refractivity contribution is 5.78. The molecule has 5 heteroatoms. The van der Waals surface area contributed by atoms with Crippen molar-refractivity contribution in [1.82, 2.24) is 10.6 Å². The molecule has 0 spiro atoms. The summed E-state index contributed by atoms with van der Waals surface area (Å²) in [5, 5.41) is 6.11. The lowest BCUT2D eigenvalue weighted by molar-refractivity contribution is -0.120.